The van der Waals surface area contributed by atoms with Gasteiger partial charge in [-0.2, -0.15) is 0 Å². The maximum absolute atomic E-state index is 12.0. The Kier molecular flexibility index (Phi) is 11.3. The first-order chi connectivity index (χ1) is 14.1. The number of morpholine rings is 1. The largest absolute Gasteiger partial charge is 0.379 e. The molecule has 0 unspecified atom stereocenters. The molecule has 0 aromatic heterocycles. The molecule has 2 fully saturated rings. The molecule has 2 heterocycles. The molecule has 2 rings (SSSR count). The number of hydrogen-bond donors (Lipinski definition) is 2. The zero-order valence-electron chi connectivity index (χ0n) is 18.8. The molecule has 2 aliphatic rings. The van der Waals surface area contributed by atoms with Gasteiger partial charge in [-0.05, 0) is 38.8 Å². The Morgan fingerprint density at radius 3 is 2.38 bits per heavy atom. The Labute approximate surface area is 177 Å². The lowest BCUT2D eigenvalue weighted by Crippen LogP contribution is -2.49. The van der Waals surface area contributed by atoms with Gasteiger partial charge in [0.2, 0.25) is 5.91 Å². The van der Waals surface area contributed by atoms with Crippen LogP contribution in [0.2, 0.25) is 0 Å². The predicted molar refractivity (Wildman–Crippen MR) is 118 cm³/mol. The van der Waals surface area contributed by atoms with Gasteiger partial charge in [0, 0.05) is 52.9 Å². The van der Waals surface area contributed by atoms with Gasteiger partial charge in [0.15, 0.2) is 5.96 Å². The zero-order valence-corrected chi connectivity index (χ0v) is 18.8. The lowest BCUT2D eigenvalue weighted by atomic mass is 10.0. The van der Waals surface area contributed by atoms with E-state index in [1.165, 1.54) is 19.4 Å². The van der Waals surface area contributed by atoms with Crippen LogP contribution in [0.15, 0.2) is 4.99 Å². The highest BCUT2D eigenvalue weighted by Crippen LogP contribution is 2.11. The Hall–Kier alpha value is -1.38. The van der Waals surface area contributed by atoms with Crippen molar-refractivity contribution in [2.24, 2.45) is 4.99 Å². The third-order valence-corrected chi connectivity index (χ3v) is 5.67. The van der Waals surface area contributed by atoms with E-state index in [1.807, 2.05) is 0 Å². The van der Waals surface area contributed by atoms with Crippen molar-refractivity contribution in [1.29, 1.82) is 0 Å². The monoisotopic (exact) mass is 410 g/mol. The predicted octanol–water partition coefficient (Wildman–Crippen LogP) is 0.597. The fourth-order valence-corrected chi connectivity index (χ4v) is 3.65. The van der Waals surface area contributed by atoms with Crippen molar-refractivity contribution in [3.05, 3.63) is 0 Å². The molecular formula is C21H42N6O2. The molecule has 0 aromatic carbocycles. The van der Waals surface area contributed by atoms with Crippen LogP contribution < -0.4 is 10.6 Å². The molecule has 1 amide bonds. The number of rotatable bonds is 10. The van der Waals surface area contributed by atoms with Crippen LogP contribution >= 0.6 is 0 Å². The number of likely N-dealkylation sites (N-methyl/N-ethyl adjacent to an activating group) is 1. The number of carbonyl (C=O) groups is 1. The van der Waals surface area contributed by atoms with E-state index in [-0.39, 0.29) is 12.5 Å². The second-order valence-corrected chi connectivity index (χ2v) is 8.30. The number of nitrogens with zero attached hydrogens (tertiary/aromatic N) is 4. The first-order valence-corrected chi connectivity index (χ1v) is 11.4. The van der Waals surface area contributed by atoms with E-state index in [2.05, 4.69) is 32.3 Å². The average molecular weight is 411 g/mol. The van der Waals surface area contributed by atoms with Gasteiger partial charge in [-0.3, -0.25) is 9.69 Å². The summed E-state index contributed by atoms with van der Waals surface area (Å²) in [6, 6.07) is 0.424. The van der Waals surface area contributed by atoms with Crippen LogP contribution in [0.3, 0.4) is 0 Å². The minimum Gasteiger partial charge on any atom is -0.379 e. The molecule has 8 heteroatoms. The summed E-state index contributed by atoms with van der Waals surface area (Å²) in [7, 11) is 3.54. The number of aliphatic imine (C=N–C) groups is 1. The minimum atomic E-state index is 0.0220. The molecule has 8 nitrogen and oxygen atoms in total. The smallest absolute Gasteiger partial charge is 0.243 e. The maximum atomic E-state index is 12.0. The number of nitrogens with one attached hydrogen (secondary N) is 2. The van der Waals surface area contributed by atoms with Gasteiger partial charge < -0.3 is 25.2 Å². The maximum Gasteiger partial charge on any atom is 0.243 e. The number of amides is 1. The highest BCUT2D eigenvalue weighted by Gasteiger charge is 2.20. The van der Waals surface area contributed by atoms with Crippen LogP contribution in [0.1, 0.15) is 39.0 Å². The fourth-order valence-electron chi connectivity index (χ4n) is 3.65. The summed E-state index contributed by atoms with van der Waals surface area (Å²) < 4.78 is 5.41. The highest BCUT2D eigenvalue weighted by atomic mass is 16.5. The molecule has 29 heavy (non-hydrogen) atoms. The Morgan fingerprint density at radius 2 is 1.72 bits per heavy atom. The summed E-state index contributed by atoms with van der Waals surface area (Å²) in [5, 5.41) is 7.02. The van der Waals surface area contributed by atoms with Crippen molar-refractivity contribution in [3.8, 4) is 0 Å². The van der Waals surface area contributed by atoms with E-state index in [0.29, 0.717) is 6.04 Å². The van der Waals surface area contributed by atoms with Crippen LogP contribution in [0.4, 0.5) is 0 Å². The number of hydrogen-bond acceptors (Lipinski definition) is 5. The number of ether oxygens (including phenoxy) is 1. The Bertz CT molecular complexity index is 486. The van der Waals surface area contributed by atoms with E-state index >= 15 is 0 Å². The van der Waals surface area contributed by atoms with E-state index in [0.717, 1.165) is 77.7 Å². The number of likely N-dealkylation sites (tertiary alicyclic amines) is 1. The van der Waals surface area contributed by atoms with E-state index in [1.54, 1.807) is 19.0 Å². The standard InChI is InChI=1S/C21H42N6O2/c1-4-5-10-26-12-7-19(8-13-26)24-21(23-18-20(28)25(2)3)22-9-6-11-27-14-16-29-17-15-27/h19H,4-18H2,1-3H3,(H2,22,23,24). The molecule has 0 radical (unpaired) electrons. The van der Waals surface area contributed by atoms with E-state index in [9.17, 15) is 4.79 Å². The van der Waals surface area contributed by atoms with E-state index in [4.69, 9.17) is 4.74 Å². The quantitative estimate of drug-likeness (QED) is 0.312. The van der Waals surface area contributed by atoms with Gasteiger partial charge >= 0.3 is 0 Å². The van der Waals surface area contributed by atoms with Crippen LogP contribution in [-0.2, 0) is 9.53 Å². The summed E-state index contributed by atoms with van der Waals surface area (Å²) in [5.41, 5.74) is 0. The minimum absolute atomic E-state index is 0.0220. The molecule has 168 valence electrons. The molecule has 0 atom stereocenters. The van der Waals surface area contributed by atoms with Crippen molar-refractivity contribution in [2.45, 2.75) is 45.1 Å². The molecule has 0 aromatic rings. The van der Waals surface area contributed by atoms with Crippen LogP contribution in [0.5, 0.6) is 0 Å². The van der Waals surface area contributed by atoms with Crippen molar-refractivity contribution < 1.29 is 9.53 Å². The van der Waals surface area contributed by atoms with Gasteiger partial charge in [-0.1, -0.05) is 13.3 Å². The first kappa shape index (κ1) is 23.9. The van der Waals surface area contributed by atoms with Crippen LogP contribution in [0.25, 0.3) is 0 Å². The number of carbonyl (C=O) groups excluding carboxylic acids is 1. The van der Waals surface area contributed by atoms with Crippen molar-refractivity contribution in [1.82, 2.24) is 25.3 Å². The van der Waals surface area contributed by atoms with Gasteiger partial charge in [0.05, 0.1) is 13.2 Å². The van der Waals surface area contributed by atoms with Crippen LogP contribution in [-0.4, -0.2) is 112 Å². The lowest BCUT2D eigenvalue weighted by molar-refractivity contribution is -0.127. The van der Waals surface area contributed by atoms with Crippen molar-refractivity contribution in [3.63, 3.8) is 0 Å². The molecule has 0 aliphatic carbocycles. The molecule has 0 saturated carbocycles. The number of unbranched alkanes of at least 4 members (excludes halogenated alkanes) is 1. The summed E-state index contributed by atoms with van der Waals surface area (Å²) in [6.45, 7) is 11.6. The first-order valence-electron chi connectivity index (χ1n) is 11.4. The molecule has 0 bridgehead atoms. The number of guanidine groups is 1. The third kappa shape index (κ3) is 9.78. The molecule has 2 saturated heterocycles. The zero-order chi connectivity index (χ0) is 20.9. The molecular weight excluding hydrogens is 368 g/mol. The third-order valence-electron chi connectivity index (χ3n) is 5.67. The summed E-state index contributed by atoms with van der Waals surface area (Å²) >= 11 is 0. The summed E-state index contributed by atoms with van der Waals surface area (Å²) in [4.78, 5) is 23.1. The normalized spacial score (nSPS) is 19.9. The summed E-state index contributed by atoms with van der Waals surface area (Å²) in [6.07, 6.45) is 5.84. The average Bonchev–Trinajstić information content (AvgIpc) is 2.74. The molecule has 2 N–H and O–H groups in total. The van der Waals surface area contributed by atoms with Crippen molar-refractivity contribution >= 4 is 11.9 Å². The molecule has 0 spiro atoms. The highest BCUT2D eigenvalue weighted by molar-refractivity contribution is 5.84. The summed E-state index contributed by atoms with van der Waals surface area (Å²) in [5.74, 6) is 0.794. The Morgan fingerprint density at radius 1 is 1.07 bits per heavy atom. The van der Waals surface area contributed by atoms with Gasteiger partial charge in [-0.25, -0.2) is 4.99 Å². The topological polar surface area (TPSA) is 72.4 Å². The lowest BCUT2D eigenvalue weighted by Gasteiger charge is -2.33. The van der Waals surface area contributed by atoms with Crippen LogP contribution in [0, 0.1) is 0 Å². The SMILES string of the molecule is CCCCN1CCC(NC(=NCC(=O)N(C)C)NCCCN2CCOCC2)CC1. The van der Waals surface area contributed by atoms with Gasteiger partial charge in [-0.15, -0.1) is 0 Å². The molecule has 2 aliphatic heterocycles. The second kappa shape index (κ2) is 13.8. The Balaban J connectivity index is 1.76. The van der Waals surface area contributed by atoms with Crippen molar-refractivity contribution in [2.75, 3.05) is 79.7 Å². The van der Waals surface area contributed by atoms with Gasteiger partial charge in [0.25, 0.3) is 0 Å². The van der Waals surface area contributed by atoms with E-state index < -0.39 is 0 Å². The second-order valence-electron chi connectivity index (χ2n) is 8.30. The number of piperidine rings is 1. The van der Waals surface area contributed by atoms with Gasteiger partial charge in [0.1, 0.15) is 6.54 Å². The fraction of sp³-hybridized carbons (Fsp3) is 0.905.